The van der Waals surface area contributed by atoms with Crippen LogP contribution in [-0.4, -0.2) is 22.3 Å². The van der Waals surface area contributed by atoms with E-state index in [0.29, 0.717) is 5.25 Å². The highest BCUT2D eigenvalue weighted by Gasteiger charge is 2.14. The molecule has 1 aromatic carbocycles. The lowest BCUT2D eigenvalue weighted by atomic mass is 10.1. The number of benzene rings is 1. The molecule has 98 valence electrons. The first kappa shape index (κ1) is 13.4. The van der Waals surface area contributed by atoms with Gasteiger partial charge in [0.25, 0.3) is 5.22 Å². The first-order valence-corrected chi connectivity index (χ1v) is 7.09. The van der Waals surface area contributed by atoms with Gasteiger partial charge in [-0.2, -0.15) is 0 Å². The zero-order valence-electron chi connectivity index (χ0n) is 11.4. The minimum Gasteiger partial charge on any atom is -0.431 e. The lowest BCUT2D eigenvalue weighted by Gasteiger charge is -2.22. The number of para-hydroxylation sites is 2. The van der Waals surface area contributed by atoms with E-state index in [9.17, 15) is 0 Å². The molecule has 0 amide bonds. The summed E-state index contributed by atoms with van der Waals surface area (Å²) in [5.74, 6) is 0. The molecule has 0 aliphatic heterocycles. The molecule has 1 atom stereocenters. The molecule has 0 bridgehead atoms. The van der Waals surface area contributed by atoms with Gasteiger partial charge in [0.1, 0.15) is 5.52 Å². The summed E-state index contributed by atoms with van der Waals surface area (Å²) in [5, 5.41) is 4.66. The average Bonchev–Trinajstić information content (AvgIpc) is 2.67. The third-order valence-corrected chi connectivity index (χ3v) is 3.44. The van der Waals surface area contributed by atoms with Crippen molar-refractivity contribution < 1.29 is 4.42 Å². The summed E-state index contributed by atoms with van der Waals surface area (Å²) in [6.07, 6.45) is 0. The van der Waals surface area contributed by atoms with Crippen molar-refractivity contribution in [2.24, 2.45) is 0 Å². The Labute approximate surface area is 112 Å². The molecule has 3 nitrogen and oxygen atoms in total. The van der Waals surface area contributed by atoms with Gasteiger partial charge in [-0.25, -0.2) is 4.98 Å². The van der Waals surface area contributed by atoms with Gasteiger partial charge in [0.2, 0.25) is 0 Å². The summed E-state index contributed by atoms with van der Waals surface area (Å²) in [6.45, 7) is 9.63. The second kappa shape index (κ2) is 5.33. The van der Waals surface area contributed by atoms with Gasteiger partial charge < -0.3 is 9.73 Å². The van der Waals surface area contributed by atoms with Gasteiger partial charge >= 0.3 is 0 Å². The van der Waals surface area contributed by atoms with Crippen LogP contribution in [-0.2, 0) is 0 Å². The molecule has 0 radical (unpaired) electrons. The molecule has 1 N–H and O–H groups in total. The van der Waals surface area contributed by atoms with Crippen molar-refractivity contribution in [1.82, 2.24) is 10.3 Å². The van der Waals surface area contributed by atoms with E-state index in [4.69, 9.17) is 4.42 Å². The minimum absolute atomic E-state index is 0.149. The van der Waals surface area contributed by atoms with Crippen molar-refractivity contribution in [1.29, 1.82) is 0 Å². The summed E-state index contributed by atoms with van der Waals surface area (Å²) in [5.41, 5.74) is 1.93. The van der Waals surface area contributed by atoms with Crippen LogP contribution < -0.4 is 5.32 Å². The molecule has 2 rings (SSSR count). The second-order valence-corrected chi connectivity index (χ2v) is 6.90. The fraction of sp³-hybridized carbons (Fsp3) is 0.500. The molecule has 0 saturated heterocycles. The Hall–Kier alpha value is -1.00. The van der Waals surface area contributed by atoms with Crippen LogP contribution in [0.3, 0.4) is 0 Å². The summed E-state index contributed by atoms with van der Waals surface area (Å²) < 4.78 is 5.69. The third-order valence-electron chi connectivity index (χ3n) is 2.50. The molecule has 18 heavy (non-hydrogen) atoms. The largest absolute Gasteiger partial charge is 0.431 e. The van der Waals surface area contributed by atoms with Crippen LogP contribution >= 0.6 is 11.8 Å². The van der Waals surface area contributed by atoms with Crippen LogP contribution in [0.1, 0.15) is 27.7 Å². The fourth-order valence-electron chi connectivity index (χ4n) is 1.57. The number of hydrogen-bond donors (Lipinski definition) is 1. The number of aromatic nitrogens is 1. The van der Waals surface area contributed by atoms with Crippen molar-refractivity contribution >= 4 is 22.9 Å². The summed E-state index contributed by atoms with van der Waals surface area (Å²) in [6, 6.07) is 7.86. The van der Waals surface area contributed by atoms with Crippen molar-refractivity contribution in [3.63, 3.8) is 0 Å². The highest BCUT2D eigenvalue weighted by molar-refractivity contribution is 7.99. The Balaban J connectivity index is 1.96. The van der Waals surface area contributed by atoms with E-state index in [1.54, 1.807) is 11.8 Å². The maximum absolute atomic E-state index is 5.69. The summed E-state index contributed by atoms with van der Waals surface area (Å²) in [4.78, 5) is 4.47. The number of oxazole rings is 1. The molecule has 1 aromatic heterocycles. The topological polar surface area (TPSA) is 38.1 Å². The van der Waals surface area contributed by atoms with E-state index in [2.05, 4.69) is 38.0 Å². The van der Waals surface area contributed by atoms with Crippen molar-refractivity contribution in [3.8, 4) is 0 Å². The van der Waals surface area contributed by atoms with Gasteiger partial charge in [-0.05, 0) is 32.9 Å². The predicted molar refractivity (Wildman–Crippen MR) is 77.1 cm³/mol. The fourth-order valence-corrected chi connectivity index (χ4v) is 2.36. The molecule has 0 fully saturated rings. The molecule has 2 aromatic rings. The predicted octanol–water partition coefficient (Wildman–Crippen LogP) is 3.70. The van der Waals surface area contributed by atoms with E-state index < -0.39 is 0 Å². The van der Waals surface area contributed by atoms with Crippen LogP contribution in [0.4, 0.5) is 0 Å². The average molecular weight is 264 g/mol. The van der Waals surface area contributed by atoms with Crippen LogP contribution in [0.15, 0.2) is 33.9 Å². The lowest BCUT2D eigenvalue weighted by Crippen LogP contribution is -2.39. The van der Waals surface area contributed by atoms with E-state index in [0.717, 1.165) is 22.9 Å². The van der Waals surface area contributed by atoms with E-state index in [1.807, 2.05) is 24.3 Å². The van der Waals surface area contributed by atoms with Gasteiger partial charge in [-0.3, -0.25) is 0 Å². The molecule has 1 unspecified atom stereocenters. The van der Waals surface area contributed by atoms with Gasteiger partial charge in [0.15, 0.2) is 5.58 Å². The molecule has 0 aliphatic carbocycles. The highest BCUT2D eigenvalue weighted by atomic mass is 32.2. The zero-order chi connectivity index (χ0) is 13.2. The maximum atomic E-state index is 5.69. The first-order valence-electron chi connectivity index (χ1n) is 6.21. The standard InChI is InChI=1S/C14H20N2OS/c1-10(9-15-14(2,3)4)18-13-16-11-7-5-6-8-12(11)17-13/h5-8,10,15H,9H2,1-4H3. The van der Waals surface area contributed by atoms with E-state index in [1.165, 1.54) is 0 Å². The normalized spacial score (nSPS) is 14.0. The Morgan fingerprint density at radius 1 is 1.33 bits per heavy atom. The number of fused-ring (bicyclic) bond motifs is 1. The SMILES string of the molecule is CC(CNC(C)(C)C)Sc1nc2ccccc2o1. The molecule has 0 saturated carbocycles. The van der Waals surface area contributed by atoms with Crippen LogP contribution in [0.5, 0.6) is 0 Å². The Morgan fingerprint density at radius 3 is 2.72 bits per heavy atom. The number of nitrogens with one attached hydrogen (secondary N) is 1. The third kappa shape index (κ3) is 3.75. The molecular formula is C14H20N2OS. The van der Waals surface area contributed by atoms with Gasteiger partial charge in [-0.15, -0.1) is 0 Å². The lowest BCUT2D eigenvalue weighted by molar-refractivity contribution is 0.427. The Kier molecular flexibility index (Phi) is 3.97. The van der Waals surface area contributed by atoms with Crippen LogP contribution in [0, 0.1) is 0 Å². The van der Waals surface area contributed by atoms with Crippen molar-refractivity contribution in [2.45, 2.75) is 43.7 Å². The van der Waals surface area contributed by atoms with Gasteiger partial charge in [0, 0.05) is 17.3 Å². The molecule has 0 aliphatic rings. The monoisotopic (exact) mass is 264 g/mol. The first-order chi connectivity index (χ1) is 8.44. The van der Waals surface area contributed by atoms with E-state index in [-0.39, 0.29) is 5.54 Å². The van der Waals surface area contributed by atoms with Gasteiger partial charge in [0.05, 0.1) is 0 Å². The minimum atomic E-state index is 0.149. The maximum Gasteiger partial charge on any atom is 0.257 e. The van der Waals surface area contributed by atoms with Crippen molar-refractivity contribution in [2.75, 3.05) is 6.54 Å². The number of thioether (sulfide) groups is 1. The number of rotatable bonds is 4. The molecule has 1 heterocycles. The van der Waals surface area contributed by atoms with Gasteiger partial charge in [-0.1, -0.05) is 30.8 Å². The van der Waals surface area contributed by atoms with Crippen LogP contribution in [0.2, 0.25) is 0 Å². The van der Waals surface area contributed by atoms with Crippen molar-refractivity contribution in [3.05, 3.63) is 24.3 Å². The molecule has 4 heteroatoms. The molecule has 0 spiro atoms. The molecular weight excluding hydrogens is 244 g/mol. The summed E-state index contributed by atoms with van der Waals surface area (Å²) >= 11 is 1.67. The number of nitrogens with zero attached hydrogens (tertiary/aromatic N) is 1. The smallest absolute Gasteiger partial charge is 0.257 e. The highest BCUT2D eigenvalue weighted by Crippen LogP contribution is 2.26. The zero-order valence-corrected chi connectivity index (χ0v) is 12.2. The quantitative estimate of drug-likeness (QED) is 0.855. The van der Waals surface area contributed by atoms with E-state index >= 15 is 0 Å². The second-order valence-electron chi connectivity index (χ2n) is 5.51. The van der Waals surface area contributed by atoms with Crippen LogP contribution in [0.25, 0.3) is 11.1 Å². The number of hydrogen-bond acceptors (Lipinski definition) is 4. The Bertz CT molecular complexity index is 483. The Morgan fingerprint density at radius 2 is 2.06 bits per heavy atom. The summed E-state index contributed by atoms with van der Waals surface area (Å²) in [7, 11) is 0.